The summed E-state index contributed by atoms with van der Waals surface area (Å²) in [7, 11) is 4.41. The highest BCUT2D eigenvalue weighted by Crippen LogP contribution is 2.19. The van der Waals surface area contributed by atoms with Crippen molar-refractivity contribution < 1.29 is 0 Å². The largest absolute Gasteiger partial charge is 0.317 e. The van der Waals surface area contributed by atoms with Crippen LogP contribution in [0.25, 0.3) is 0 Å². The van der Waals surface area contributed by atoms with E-state index in [-0.39, 0.29) is 0 Å². The van der Waals surface area contributed by atoms with Crippen LogP contribution in [-0.2, 0) is 0 Å². The summed E-state index contributed by atoms with van der Waals surface area (Å²) in [5.41, 5.74) is 0. The fraction of sp³-hybridized carbons (Fsp3) is 1.00. The van der Waals surface area contributed by atoms with Gasteiger partial charge in [-0.25, -0.2) is 0 Å². The summed E-state index contributed by atoms with van der Waals surface area (Å²) < 4.78 is 0. The van der Waals surface area contributed by atoms with E-state index in [0.717, 1.165) is 25.0 Å². The molecule has 1 aliphatic rings. The van der Waals surface area contributed by atoms with Crippen molar-refractivity contribution >= 4 is 0 Å². The maximum absolute atomic E-state index is 3.46. The van der Waals surface area contributed by atoms with E-state index in [1.807, 2.05) is 0 Å². The van der Waals surface area contributed by atoms with Gasteiger partial charge in [0, 0.05) is 12.1 Å². The average molecular weight is 241 g/mol. The number of rotatable bonds is 6. The topological polar surface area (TPSA) is 18.5 Å². The van der Waals surface area contributed by atoms with Gasteiger partial charge in [0.05, 0.1) is 0 Å². The van der Waals surface area contributed by atoms with Gasteiger partial charge in [-0.3, -0.25) is 0 Å². The maximum atomic E-state index is 3.46. The lowest BCUT2D eigenvalue weighted by atomic mass is 9.97. The molecule has 1 heterocycles. The smallest absolute Gasteiger partial charge is 0.0113 e. The number of nitrogens with zero attached hydrogens (tertiary/aromatic N) is 2. The second-order valence-electron chi connectivity index (χ2n) is 5.76. The summed E-state index contributed by atoms with van der Waals surface area (Å²) in [5, 5.41) is 3.46. The molecule has 0 aromatic rings. The summed E-state index contributed by atoms with van der Waals surface area (Å²) in [4.78, 5) is 5.05. The van der Waals surface area contributed by atoms with E-state index in [2.05, 4.69) is 50.0 Å². The van der Waals surface area contributed by atoms with Crippen LogP contribution >= 0.6 is 0 Å². The van der Waals surface area contributed by atoms with Gasteiger partial charge in [-0.1, -0.05) is 13.8 Å². The Morgan fingerprint density at radius 3 is 2.29 bits per heavy atom. The predicted octanol–water partition coefficient (Wildman–Crippen LogP) is 1.65. The van der Waals surface area contributed by atoms with Gasteiger partial charge < -0.3 is 15.1 Å². The quantitative estimate of drug-likeness (QED) is 0.763. The van der Waals surface area contributed by atoms with Gasteiger partial charge in [0.25, 0.3) is 0 Å². The van der Waals surface area contributed by atoms with Crippen molar-refractivity contribution in [3.05, 3.63) is 0 Å². The summed E-state index contributed by atoms with van der Waals surface area (Å²) in [6, 6.07) is 1.50. The van der Waals surface area contributed by atoms with Gasteiger partial charge in [0.15, 0.2) is 0 Å². The fourth-order valence-corrected chi connectivity index (χ4v) is 2.71. The molecule has 0 amide bonds. The van der Waals surface area contributed by atoms with Crippen molar-refractivity contribution in [1.29, 1.82) is 0 Å². The first-order chi connectivity index (χ1) is 8.06. The van der Waals surface area contributed by atoms with E-state index in [1.165, 1.54) is 25.9 Å². The molecule has 0 aromatic heterocycles. The molecule has 1 aliphatic heterocycles. The lowest BCUT2D eigenvalue weighted by Crippen LogP contribution is -2.48. The molecule has 2 unspecified atom stereocenters. The highest BCUT2D eigenvalue weighted by Gasteiger charge is 2.26. The van der Waals surface area contributed by atoms with Crippen molar-refractivity contribution in [1.82, 2.24) is 15.1 Å². The van der Waals surface area contributed by atoms with Crippen LogP contribution in [-0.4, -0.2) is 62.2 Å². The molecule has 0 radical (unpaired) electrons. The molecule has 0 saturated carbocycles. The molecule has 0 aliphatic carbocycles. The highest BCUT2D eigenvalue weighted by atomic mass is 15.2. The van der Waals surface area contributed by atoms with Gasteiger partial charge in [-0.15, -0.1) is 0 Å². The minimum Gasteiger partial charge on any atom is -0.317 e. The molecule has 3 heteroatoms. The van der Waals surface area contributed by atoms with Gasteiger partial charge in [-0.05, 0) is 66.0 Å². The van der Waals surface area contributed by atoms with Crippen LogP contribution in [0.1, 0.15) is 33.6 Å². The van der Waals surface area contributed by atoms with E-state index >= 15 is 0 Å². The Balaban J connectivity index is 2.32. The normalized spacial score (nSPS) is 22.9. The van der Waals surface area contributed by atoms with Gasteiger partial charge in [-0.2, -0.15) is 0 Å². The third kappa shape index (κ3) is 4.57. The number of hydrogen-bond acceptors (Lipinski definition) is 3. The summed E-state index contributed by atoms with van der Waals surface area (Å²) in [6.45, 7) is 11.7. The van der Waals surface area contributed by atoms with Crippen LogP contribution in [0, 0.1) is 5.92 Å². The van der Waals surface area contributed by atoms with Crippen molar-refractivity contribution in [2.45, 2.75) is 45.7 Å². The standard InChI is InChI=1S/C14H31N3/c1-6-15-11-12(2)13(3)17-9-7-14(8-10-17)16(4)5/h12-15H,6-11H2,1-5H3. The molecular formula is C14H31N3. The van der Waals surface area contributed by atoms with Crippen LogP contribution in [0.3, 0.4) is 0 Å². The molecule has 3 nitrogen and oxygen atoms in total. The molecule has 1 saturated heterocycles. The Hall–Kier alpha value is -0.120. The van der Waals surface area contributed by atoms with E-state index in [4.69, 9.17) is 0 Å². The van der Waals surface area contributed by atoms with Gasteiger partial charge in [0.2, 0.25) is 0 Å². The lowest BCUT2D eigenvalue weighted by molar-refractivity contribution is 0.0914. The zero-order valence-corrected chi connectivity index (χ0v) is 12.4. The summed E-state index contributed by atoms with van der Waals surface area (Å²) >= 11 is 0. The van der Waals surface area contributed by atoms with E-state index < -0.39 is 0 Å². The molecule has 1 rings (SSSR count). The van der Waals surface area contributed by atoms with Crippen LogP contribution in [0.2, 0.25) is 0 Å². The zero-order valence-electron chi connectivity index (χ0n) is 12.4. The molecule has 0 aromatic carbocycles. The molecule has 1 fully saturated rings. The Bertz CT molecular complexity index is 198. The molecular weight excluding hydrogens is 210 g/mol. The number of piperidine rings is 1. The minimum absolute atomic E-state index is 0.706. The van der Waals surface area contributed by atoms with E-state index in [9.17, 15) is 0 Å². The van der Waals surface area contributed by atoms with Crippen LogP contribution in [0.15, 0.2) is 0 Å². The van der Waals surface area contributed by atoms with Crippen molar-refractivity contribution in [3.63, 3.8) is 0 Å². The number of hydrogen-bond donors (Lipinski definition) is 1. The van der Waals surface area contributed by atoms with Crippen LogP contribution < -0.4 is 5.32 Å². The Morgan fingerprint density at radius 2 is 1.82 bits per heavy atom. The van der Waals surface area contributed by atoms with E-state index in [0.29, 0.717) is 6.04 Å². The van der Waals surface area contributed by atoms with Gasteiger partial charge in [0.1, 0.15) is 0 Å². The first-order valence-electron chi connectivity index (χ1n) is 7.17. The third-order valence-electron chi connectivity index (χ3n) is 4.35. The molecule has 0 spiro atoms. The SMILES string of the molecule is CCNCC(C)C(C)N1CCC(N(C)C)CC1. The predicted molar refractivity (Wildman–Crippen MR) is 75.5 cm³/mol. The lowest BCUT2D eigenvalue weighted by Gasteiger charge is -2.40. The molecule has 1 N–H and O–H groups in total. The van der Waals surface area contributed by atoms with E-state index in [1.54, 1.807) is 0 Å². The molecule has 17 heavy (non-hydrogen) atoms. The summed E-state index contributed by atoms with van der Waals surface area (Å²) in [6.07, 6.45) is 2.65. The first-order valence-corrected chi connectivity index (χ1v) is 7.17. The average Bonchev–Trinajstić information content (AvgIpc) is 2.35. The van der Waals surface area contributed by atoms with Crippen molar-refractivity contribution in [2.75, 3.05) is 40.3 Å². The molecule has 102 valence electrons. The molecule has 0 bridgehead atoms. The monoisotopic (exact) mass is 241 g/mol. The zero-order chi connectivity index (χ0) is 12.8. The first kappa shape index (κ1) is 14.9. The highest BCUT2D eigenvalue weighted by molar-refractivity contribution is 4.82. The Kier molecular flexibility index (Phi) is 6.45. The van der Waals surface area contributed by atoms with Crippen molar-refractivity contribution in [3.8, 4) is 0 Å². The molecule has 2 atom stereocenters. The van der Waals surface area contributed by atoms with Crippen LogP contribution in [0.4, 0.5) is 0 Å². The number of likely N-dealkylation sites (tertiary alicyclic amines) is 1. The summed E-state index contributed by atoms with van der Waals surface area (Å²) in [5.74, 6) is 0.742. The van der Waals surface area contributed by atoms with Gasteiger partial charge >= 0.3 is 0 Å². The minimum atomic E-state index is 0.706. The third-order valence-corrected chi connectivity index (χ3v) is 4.35. The van der Waals surface area contributed by atoms with Crippen LogP contribution in [0.5, 0.6) is 0 Å². The second kappa shape index (κ2) is 7.34. The maximum Gasteiger partial charge on any atom is 0.0113 e. The second-order valence-corrected chi connectivity index (χ2v) is 5.76. The van der Waals surface area contributed by atoms with Crippen molar-refractivity contribution in [2.24, 2.45) is 5.92 Å². The fourth-order valence-electron chi connectivity index (χ4n) is 2.71. The Morgan fingerprint density at radius 1 is 1.24 bits per heavy atom. The Labute approximate surface area is 108 Å². The number of nitrogens with one attached hydrogen (secondary N) is 1.